The van der Waals surface area contributed by atoms with Crippen LogP contribution in [0, 0.1) is 0 Å². The number of hydrogen-bond donors (Lipinski definition) is 2. The summed E-state index contributed by atoms with van der Waals surface area (Å²) in [6.45, 7) is 2.34. The molecule has 0 unspecified atom stereocenters. The molecule has 0 radical (unpaired) electrons. The molecule has 1 aromatic carbocycles. The molecule has 2 aromatic heterocycles. The number of halogens is 1. The van der Waals surface area contributed by atoms with E-state index in [0.29, 0.717) is 36.9 Å². The van der Waals surface area contributed by atoms with Crippen LogP contribution in [0.25, 0.3) is 11.6 Å². The molecule has 2 N–H and O–H groups in total. The summed E-state index contributed by atoms with van der Waals surface area (Å²) in [6, 6.07) is 9.83. The molecule has 0 atom stereocenters. The maximum atomic E-state index is 12.0. The number of carbonyl (C=O) groups is 1. The van der Waals surface area contributed by atoms with Crippen molar-refractivity contribution < 1.29 is 13.7 Å². The van der Waals surface area contributed by atoms with Crippen LogP contribution in [0.2, 0.25) is 0 Å². The van der Waals surface area contributed by atoms with E-state index in [9.17, 15) is 4.79 Å². The van der Waals surface area contributed by atoms with Crippen molar-refractivity contribution in [1.82, 2.24) is 20.8 Å². The molecule has 0 saturated carbocycles. The van der Waals surface area contributed by atoms with Gasteiger partial charge in [-0.25, -0.2) is 0 Å². The second-order valence-electron chi connectivity index (χ2n) is 5.97. The van der Waals surface area contributed by atoms with Crippen molar-refractivity contribution in [2.45, 2.75) is 32.5 Å². The number of carbonyl (C=O) groups excluding carboxylic acids is 1. The smallest absolute Gasteiger partial charge is 0.238 e. The average Bonchev–Trinajstić information content (AvgIpc) is 3.38. The molecule has 3 heterocycles. The Morgan fingerprint density at radius 2 is 2.12 bits per heavy atom. The van der Waals surface area contributed by atoms with E-state index in [1.54, 1.807) is 18.4 Å². The molecular formula is C18H19ClN4O3. The molecule has 4 rings (SSSR count). The van der Waals surface area contributed by atoms with Crippen LogP contribution in [-0.4, -0.2) is 16.0 Å². The first-order valence-corrected chi connectivity index (χ1v) is 8.22. The maximum Gasteiger partial charge on any atom is 0.238 e. The Kier molecular flexibility index (Phi) is 5.70. The minimum Gasteiger partial charge on any atom is -0.461 e. The monoisotopic (exact) mass is 374 g/mol. The predicted octanol–water partition coefficient (Wildman–Crippen LogP) is 2.60. The van der Waals surface area contributed by atoms with E-state index in [2.05, 4.69) is 39.0 Å². The van der Waals surface area contributed by atoms with Crippen LogP contribution in [-0.2, 0) is 30.8 Å². The van der Waals surface area contributed by atoms with Gasteiger partial charge in [0, 0.05) is 32.5 Å². The third-order valence-corrected chi connectivity index (χ3v) is 4.17. The number of aryl methyl sites for hydroxylation is 1. The van der Waals surface area contributed by atoms with Crippen molar-refractivity contribution in [3.8, 4) is 11.6 Å². The van der Waals surface area contributed by atoms with E-state index in [1.807, 2.05) is 0 Å². The second kappa shape index (κ2) is 8.16. The fourth-order valence-corrected chi connectivity index (χ4v) is 2.83. The number of fused-ring (bicyclic) bond motifs is 1. The van der Waals surface area contributed by atoms with E-state index in [4.69, 9.17) is 8.94 Å². The highest BCUT2D eigenvalue weighted by atomic mass is 35.5. The summed E-state index contributed by atoms with van der Waals surface area (Å²) in [7, 11) is 0. The number of rotatable bonds is 6. The van der Waals surface area contributed by atoms with Crippen molar-refractivity contribution in [1.29, 1.82) is 0 Å². The van der Waals surface area contributed by atoms with Crippen molar-refractivity contribution in [2.75, 3.05) is 0 Å². The first kappa shape index (κ1) is 18.2. The van der Waals surface area contributed by atoms with Crippen LogP contribution >= 0.6 is 12.4 Å². The number of benzene rings is 1. The summed E-state index contributed by atoms with van der Waals surface area (Å²) in [4.78, 5) is 16.3. The molecule has 3 aromatic rings. The Labute approximate surface area is 156 Å². The summed E-state index contributed by atoms with van der Waals surface area (Å²) in [5, 5.41) is 10.1. The summed E-state index contributed by atoms with van der Waals surface area (Å²) in [5.74, 6) is 1.32. The molecule has 0 bridgehead atoms. The van der Waals surface area contributed by atoms with E-state index in [1.165, 1.54) is 11.1 Å². The lowest BCUT2D eigenvalue weighted by atomic mass is 10.1. The highest BCUT2D eigenvalue weighted by Gasteiger charge is 2.13. The first-order chi connectivity index (χ1) is 12.3. The summed E-state index contributed by atoms with van der Waals surface area (Å²) < 4.78 is 10.4. The van der Waals surface area contributed by atoms with Crippen molar-refractivity contribution in [2.24, 2.45) is 0 Å². The zero-order valence-electron chi connectivity index (χ0n) is 14.0. The lowest BCUT2D eigenvalue weighted by molar-refractivity contribution is -0.121. The zero-order chi connectivity index (χ0) is 17.1. The molecule has 7 nitrogen and oxygen atoms in total. The number of aromatic nitrogens is 2. The Balaban J connectivity index is 0.00000196. The molecule has 8 heteroatoms. The molecule has 0 fully saturated rings. The Morgan fingerprint density at radius 1 is 1.23 bits per heavy atom. The lowest BCUT2D eigenvalue weighted by Gasteiger charge is -2.06. The van der Waals surface area contributed by atoms with Gasteiger partial charge in [-0.1, -0.05) is 23.4 Å². The normalized spacial score (nSPS) is 12.5. The first-order valence-electron chi connectivity index (χ1n) is 8.22. The minimum absolute atomic E-state index is 0. The van der Waals surface area contributed by atoms with Crippen LogP contribution in [0.15, 0.2) is 45.5 Å². The maximum absolute atomic E-state index is 12.0. The van der Waals surface area contributed by atoms with E-state index in [-0.39, 0.29) is 18.3 Å². The van der Waals surface area contributed by atoms with Gasteiger partial charge in [-0.15, -0.1) is 12.4 Å². The molecule has 26 heavy (non-hydrogen) atoms. The topological polar surface area (TPSA) is 93.2 Å². The van der Waals surface area contributed by atoms with Crippen LogP contribution in [0.1, 0.15) is 29.0 Å². The molecule has 0 aliphatic carbocycles. The number of nitrogens with one attached hydrogen (secondary N) is 2. The third kappa shape index (κ3) is 4.12. The van der Waals surface area contributed by atoms with Gasteiger partial charge in [-0.05, 0) is 28.8 Å². The molecule has 0 spiro atoms. The zero-order valence-corrected chi connectivity index (χ0v) is 14.8. The van der Waals surface area contributed by atoms with E-state index < -0.39 is 0 Å². The number of furan rings is 1. The van der Waals surface area contributed by atoms with Crippen molar-refractivity contribution in [3.05, 3.63) is 59.2 Å². The van der Waals surface area contributed by atoms with Gasteiger partial charge in [-0.2, -0.15) is 4.98 Å². The van der Waals surface area contributed by atoms with E-state index >= 15 is 0 Å². The van der Waals surface area contributed by atoms with Gasteiger partial charge in [0.2, 0.25) is 17.6 Å². The summed E-state index contributed by atoms with van der Waals surface area (Å²) in [5.41, 5.74) is 3.75. The largest absolute Gasteiger partial charge is 0.461 e. The molecule has 0 saturated heterocycles. The van der Waals surface area contributed by atoms with E-state index in [0.717, 1.165) is 18.7 Å². The van der Waals surface area contributed by atoms with Crippen LogP contribution in [0.4, 0.5) is 0 Å². The quantitative estimate of drug-likeness (QED) is 0.689. The van der Waals surface area contributed by atoms with Gasteiger partial charge in [0.05, 0.1) is 6.26 Å². The van der Waals surface area contributed by atoms with Crippen LogP contribution < -0.4 is 10.6 Å². The van der Waals surface area contributed by atoms with Gasteiger partial charge in [0.1, 0.15) is 0 Å². The molecule has 136 valence electrons. The third-order valence-electron chi connectivity index (χ3n) is 4.17. The predicted molar refractivity (Wildman–Crippen MR) is 96.4 cm³/mol. The SMILES string of the molecule is Cl.O=C(CCc1nc(-c2ccco2)no1)NCc1ccc2c(c1)CNC2. The Hall–Kier alpha value is -2.64. The summed E-state index contributed by atoms with van der Waals surface area (Å²) >= 11 is 0. The average molecular weight is 375 g/mol. The molecule has 1 amide bonds. The number of hydrogen-bond acceptors (Lipinski definition) is 6. The second-order valence-corrected chi connectivity index (χ2v) is 5.97. The fraction of sp³-hybridized carbons (Fsp3) is 0.278. The summed E-state index contributed by atoms with van der Waals surface area (Å²) in [6.07, 6.45) is 2.24. The van der Waals surface area contributed by atoms with Crippen LogP contribution in [0.5, 0.6) is 0 Å². The highest BCUT2D eigenvalue weighted by Crippen LogP contribution is 2.17. The highest BCUT2D eigenvalue weighted by molar-refractivity contribution is 5.85. The number of nitrogens with zero attached hydrogens (tertiary/aromatic N) is 2. The van der Waals surface area contributed by atoms with Gasteiger partial charge in [0.15, 0.2) is 5.76 Å². The van der Waals surface area contributed by atoms with Crippen molar-refractivity contribution >= 4 is 18.3 Å². The Bertz CT molecular complexity index is 876. The lowest BCUT2D eigenvalue weighted by Crippen LogP contribution is -2.23. The van der Waals surface area contributed by atoms with Gasteiger partial charge >= 0.3 is 0 Å². The van der Waals surface area contributed by atoms with Crippen LogP contribution in [0.3, 0.4) is 0 Å². The number of amides is 1. The standard InChI is InChI=1S/C18H18N4O3.ClH/c23-16(20-9-12-3-4-13-10-19-11-14(13)8-12)5-6-17-21-18(22-25-17)15-2-1-7-24-15;/h1-4,7-8,19H,5-6,9-11H2,(H,20,23);1H. The van der Waals surface area contributed by atoms with Crippen molar-refractivity contribution in [3.63, 3.8) is 0 Å². The minimum atomic E-state index is -0.0450. The molecule has 1 aliphatic rings. The van der Waals surface area contributed by atoms with Gasteiger partial charge in [-0.3, -0.25) is 4.79 Å². The molecular weight excluding hydrogens is 356 g/mol. The molecule has 1 aliphatic heterocycles. The van der Waals surface area contributed by atoms with Gasteiger partial charge < -0.3 is 19.6 Å². The fourth-order valence-electron chi connectivity index (χ4n) is 2.83. The Morgan fingerprint density at radius 3 is 2.96 bits per heavy atom. The van der Waals surface area contributed by atoms with Gasteiger partial charge in [0.25, 0.3) is 0 Å².